The average Bonchev–Trinajstić information content (AvgIpc) is 3.00. The molecular formula is C21H17BrN2O3S. The molecule has 1 amide bonds. The van der Waals surface area contributed by atoms with Gasteiger partial charge in [-0.25, -0.2) is 4.79 Å². The lowest BCUT2D eigenvalue weighted by molar-refractivity contribution is -0.138. The second-order valence-corrected chi connectivity index (χ2v) is 8.07. The van der Waals surface area contributed by atoms with Gasteiger partial charge in [0.25, 0.3) is 0 Å². The molecule has 0 aliphatic carbocycles. The molecule has 1 fully saturated rings. The van der Waals surface area contributed by atoms with Crippen LogP contribution in [0.1, 0.15) is 12.5 Å². The van der Waals surface area contributed by atoms with Gasteiger partial charge in [-0.05, 0) is 43.2 Å². The minimum Gasteiger partial charge on any atom is -0.462 e. The van der Waals surface area contributed by atoms with E-state index < -0.39 is 11.2 Å². The first-order chi connectivity index (χ1) is 13.5. The first kappa shape index (κ1) is 20.2. The highest BCUT2D eigenvalue weighted by molar-refractivity contribution is 9.10. The van der Waals surface area contributed by atoms with Crippen molar-refractivity contribution in [3.63, 3.8) is 0 Å². The second kappa shape index (κ2) is 9.09. The summed E-state index contributed by atoms with van der Waals surface area (Å²) in [6, 6.07) is 18.8. The summed E-state index contributed by atoms with van der Waals surface area (Å²) in [5.74, 6) is -0.883. The third kappa shape index (κ3) is 4.29. The van der Waals surface area contributed by atoms with E-state index >= 15 is 0 Å². The molecule has 1 aliphatic heterocycles. The number of benzene rings is 2. The largest absolute Gasteiger partial charge is 0.462 e. The third-order valence-corrected chi connectivity index (χ3v) is 5.90. The van der Waals surface area contributed by atoms with Crippen molar-refractivity contribution < 1.29 is 14.3 Å². The van der Waals surface area contributed by atoms with Gasteiger partial charge >= 0.3 is 5.97 Å². The van der Waals surface area contributed by atoms with Gasteiger partial charge in [0, 0.05) is 10.2 Å². The van der Waals surface area contributed by atoms with Crippen LogP contribution in [0.3, 0.4) is 0 Å². The van der Waals surface area contributed by atoms with Gasteiger partial charge in [-0.1, -0.05) is 58.0 Å². The standard InChI is InChI=1S/C21H17BrN2O3S/c1-2-27-21(26)17(13-23)20-24(16-10-8-15(22)9-11-16)19(25)18(28-20)12-14-6-4-3-5-7-14/h3-11,18H,2,12H2,1H3/b20-17-/t18-/m0/s1. The van der Waals surface area contributed by atoms with Crippen molar-refractivity contribution in [2.75, 3.05) is 11.5 Å². The number of ether oxygens (including phenoxy) is 1. The van der Waals surface area contributed by atoms with Gasteiger partial charge in [-0.15, -0.1) is 0 Å². The van der Waals surface area contributed by atoms with Crippen LogP contribution in [0.15, 0.2) is 69.7 Å². The van der Waals surface area contributed by atoms with Crippen LogP contribution in [0.5, 0.6) is 0 Å². The van der Waals surface area contributed by atoms with E-state index in [0.717, 1.165) is 10.0 Å². The molecule has 1 saturated heterocycles. The fourth-order valence-electron chi connectivity index (χ4n) is 2.83. The van der Waals surface area contributed by atoms with Crippen LogP contribution in [0, 0.1) is 11.3 Å². The number of rotatable bonds is 5. The van der Waals surface area contributed by atoms with Crippen LogP contribution in [0.2, 0.25) is 0 Å². The Labute approximate surface area is 176 Å². The molecule has 0 aromatic heterocycles. The van der Waals surface area contributed by atoms with Crippen molar-refractivity contribution in [2.24, 2.45) is 0 Å². The molecule has 0 bridgehead atoms. The van der Waals surface area contributed by atoms with E-state index in [1.807, 2.05) is 48.5 Å². The summed E-state index contributed by atoms with van der Waals surface area (Å²) in [5, 5.41) is 9.47. The molecule has 1 aliphatic rings. The summed E-state index contributed by atoms with van der Waals surface area (Å²) in [5.41, 5.74) is 1.46. The molecule has 2 aromatic rings. The van der Waals surface area contributed by atoms with E-state index in [4.69, 9.17) is 4.74 Å². The van der Waals surface area contributed by atoms with Crippen molar-refractivity contribution in [1.29, 1.82) is 5.26 Å². The molecule has 7 heteroatoms. The highest BCUT2D eigenvalue weighted by atomic mass is 79.9. The Kier molecular flexibility index (Phi) is 6.55. The Bertz CT molecular complexity index is 952. The van der Waals surface area contributed by atoms with Gasteiger partial charge in [-0.2, -0.15) is 5.26 Å². The maximum atomic E-state index is 13.2. The van der Waals surface area contributed by atoms with Crippen molar-refractivity contribution >= 4 is 45.3 Å². The fraction of sp³-hybridized carbons (Fsp3) is 0.190. The number of carbonyl (C=O) groups is 2. The molecule has 0 saturated carbocycles. The highest BCUT2D eigenvalue weighted by Gasteiger charge is 2.41. The van der Waals surface area contributed by atoms with Gasteiger partial charge in [-0.3, -0.25) is 9.69 Å². The normalized spacial score (nSPS) is 18.0. The Morgan fingerprint density at radius 2 is 1.89 bits per heavy atom. The Morgan fingerprint density at radius 1 is 1.21 bits per heavy atom. The number of esters is 1. The van der Waals surface area contributed by atoms with Crippen LogP contribution in [0.4, 0.5) is 5.69 Å². The molecule has 0 radical (unpaired) electrons. The van der Waals surface area contributed by atoms with E-state index in [1.165, 1.54) is 16.7 Å². The number of hydrogen-bond donors (Lipinski definition) is 0. The predicted molar refractivity (Wildman–Crippen MR) is 112 cm³/mol. The smallest absolute Gasteiger partial charge is 0.351 e. The number of nitriles is 1. The molecule has 28 heavy (non-hydrogen) atoms. The lowest BCUT2D eigenvalue weighted by atomic mass is 10.1. The minimum absolute atomic E-state index is 0.154. The van der Waals surface area contributed by atoms with E-state index in [1.54, 1.807) is 19.1 Å². The van der Waals surface area contributed by atoms with Crippen LogP contribution >= 0.6 is 27.7 Å². The molecule has 1 atom stereocenters. The molecule has 5 nitrogen and oxygen atoms in total. The second-order valence-electron chi connectivity index (χ2n) is 5.96. The van der Waals surface area contributed by atoms with Crippen LogP contribution < -0.4 is 4.90 Å². The maximum Gasteiger partial charge on any atom is 0.351 e. The summed E-state index contributed by atoms with van der Waals surface area (Å²) in [6.07, 6.45) is 0.502. The van der Waals surface area contributed by atoms with Gasteiger partial charge in [0.15, 0.2) is 5.57 Å². The first-order valence-corrected chi connectivity index (χ1v) is 10.3. The van der Waals surface area contributed by atoms with Gasteiger partial charge in [0.1, 0.15) is 11.1 Å². The summed E-state index contributed by atoms with van der Waals surface area (Å²) in [4.78, 5) is 27.0. The Hall–Kier alpha value is -2.56. The first-order valence-electron chi connectivity index (χ1n) is 8.66. The van der Waals surface area contributed by atoms with Crippen LogP contribution in [0.25, 0.3) is 0 Å². The molecule has 2 aromatic carbocycles. The van der Waals surface area contributed by atoms with Gasteiger partial charge in [0.05, 0.1) is 11.9 Å². The topological polar surface area (TPSA) is 70.4 Å². The summed E-state index contributed by atoms with van der Waals surface area (Å²) in [7, 11) is 0. The molecule has 1 heterocycles. The minimum atomic E-state index is -0.720. The molecule has 0 N–H and O–H groups in total. The maximum absolute atomic E-state index is 13.2. The molecule has 0 unspecified atom stereocenters. The predicted octanol–water partition coefficient (Wildman–Crippen LogP) is 4.44. The van der Waals surface area contributed by atoms with Crippen LogP contribution in [-0.2, 0) is 20.7 Å². The summed E-state index contributed by atoms with van der Waals surface area (Å²) >= 11 is 4.61. The lowest BCUT2D eigenvalue weighted by Gasteiger charge is -2.18. The number of hydrogen-bond acceptors (Lipinski definition) is 5. The van der Waals surface area contributed by atoms with E-state index in [-0.39, 0.29) is 18.1 Å². The zero-order chi connectivity index (χ0) is 20.1. The summed E-state index contributed by atoms with van der Waals surface area (Å²) in [6.45, 7) is 1.83. The Morgan fingerprint density at radius 3 is 2.50 bits per heavy atom. The molecule has 3 rings (SSSR count). The monoisotopic (exact) mass is 456 g/mol. The number of halogens is 1. The number of thioether (sulfide) groups is 1. The number of anilines is 1. The highest BCUT2D eigenvalue weighted by Crippen LogP contribution is 2.42. The molecule has 142 valence electrons. The number of carbonyl (C=O) groups excluding carboxylic acids is 2. The number of nitrogens with zero attached hydrogens (tertiary/aromatic N) is 2. The third-order valence-electron chi connectivity index (χ3n) is 4.11. The fourth-order valence-corrected chi connectivity index (χ4v) is 4.39. The van der Waals surface area contributed by atoms with E-state index in [2.05, 4.69) is 15.9 Å². The average molecular weight is 457 g/mol. The Balaban J connectivity index is 2.03. The van der Waals surface area contributed by atoms with Gasteiger partial charge in [0.2, 0.25) is 5.91 Å². The molecular weight excluding hydrogens is 440 g/mol. The van der Waals surface area contributed by atoms with E-state index in [9.17, 15) is 14.9 Å². The zero-order valence-electron chi connectivity index (χ0n) is 15.1. The quantitative estimate of drug-likeness (QED) is 0.377. The van der Waals surface area contributed by atoms with Crippen molar-refractivity contribution in [1.82, 2.24) is 0 Å². The number of amides is 1. The van der Waals surface area contributed by atoms with E-state index in [0.29, 0.717) is 17.1 Å². The molecule has 0 spiro atoms. The van der Waals surface area contributed by atoms with Crippen molar-refractivity contribution in [2.45, 2.75) is 18.6 Å². The summed E-state index contributed by atoms with van der Waals surface area (Å²) < 4.78 is 5.89. The van der Waals surface area contributed by atoms with Crippen LogP contribution in [-0.4, -0.2) is 23.7 Å². The van der Waals surface area contributed by atoms with Gasteiger partial charge < -0.3 is 4.74 Å². The van der Waals surface area contributed by atoms with Crippen molar-refractivity contribution in [3.8, 4) is 6.07 Å². The zero-order valence-corrected chi connectivity index (χ0v) is 17.5. The SMILES string of the molecule is CCOC(=O)/C(C#N)=C1\S[C@@H](Cc2ccccc2)C(=O)N1c1ccc(Br)cc1. The van der Waals surface area contributed by atoms with Crippen molar-refractivity contribution in [3.05, 3.63) is 75.2 Å². The lowest BCUT2D eigenvalue weighted by Crippen LogP contribution is -2.30.